The molecule has 9 nitrogen and oxygen atoms in total. The molecule has 0 radical (unpaired) electrons. The van der Waals surface area contributed by atoms with Crippen molar-refractivity contribution in [1.82, 2.24) is 9.29 Å². The molecule has 0 atom stereocenters. The Morgan fingerprint density at radius 3 is 2.55 bits per heavy atom. The Morgan fingerprint density at radius 2 is 1.90 bits per heavy atom. The topological polar surface area (TPSA) is 109 Å². The number of hydrogen-bond donors (Lipinski definition) is 1. The van der Waals surface area contributed by atoms with Gasteiger partial charge in [0.25, 0.3) is 0 Å². The summed E-state index contributed by atoms with van der Waals surface area (Å²) in [7, 11) is -3.76. The van der Waals surface area contributed by atoms with E-state index in [0.29, 0.717) is 31.9 Å². The van der Waals surface area contributed by atoms with Crippen molar-refractivity contribution in [1.29, 1.82) is 0 Å². The van der Waals surface area contributed by atoms with Gasteiger partial charge < -0.3 is 15.0 Å². The molecule has 0 unspecified atom stereocenters. The molecule has 0 bridgehead atoms. The van der Waals surface area contributed by atoms with Gasteiger partial charge in [0.05, 0.1) is 12.3 Å². The van der Waals surface area contributed by atoms with E-state index < -0.39 is 27.7 Å². The molecule has 1 aliphatic rings. The highest BCUT2D eigenvalue weighted by Crippen LogP contribution is 2.24. The summed E-state index contributed by atoms with van der Waals surface area (Å²) in [6.07, 6.45) is 0. The van der Waals surface area contributed by atoms with Crippen molar-refractivity contribution < 1.29 is 22.7 Å². The fourth-order valence-corrected chi connectivity index (χ4v) is 5.48. The summed E-state index contributed by atoms with van der Waals surface area (Å²) in [5, 5.41) is 2.65. The number of nitrogens with one attached hydrogen (secondary N) is 1. The number of amides is 1. The molecule has 31 heavy (non-hydrogen) atoms. The van der Waals surface area contributed by atoms with Crippen LogP contribution in [0.5, 0.6) is 0 Å². The first kappa shape index (κ1) is 23.2. The predicted molar refractivity (Wildman–Crippen MR) is 120 cm³/mol. The molecule has 1 aromatic carbocycles. The Bertz CT molecular complexity index is 1060. The zero-order valence-electron chi connectivity index (χ0n) is 17.8. The third kappa shape index (κ3) is 5.81. The number of aromatic nitrogens is 1. The molecule has 11 heteroatoms. The molecule has 2 heterocycles. The number of esters is 1. The number of sulfonamides is 1. The third-order valence-electron chi connectivity index (χ3n) is 4.82. The monoisotopic (exact) mass is 466 g/mol. The molecule has 1 saturated heterocycles. The van der Waals surface area contributed by atoms with Crippen molar-refractivity contribution in [3.63, 3.8) is 0 Å². The summed E-state index contributed by atoms with van der Waals surface area (Å²) in [4.78, 5) is 30.7. The molecule has 1 N–H and O–H groups in total. The van der Waals surface area contributed by atoms with Crippen molar-refractivity contribution in [3.05, 3.63) is 40.4 Å². The number of aryl methyl sites for hydroxylation is 2. The summed E-state index contributed by atoms with van der Waals surface area (Å²) in [6.45, 7) is 7.30. The van der Waals surface area contributed by atoms with Gasteiger partial charge in [-0.1, -0.05) is 23.5 Å². The van der Waals surface area contributed by atoms with E-state index in [0.717, 1.165) is 22.6 Å². The molecule has 1 fully saturated rings. The number of hydrogen-bond acceptors (Lipinski definition) is 8. The van der Waals surface area contributed by atoms with Crippen LogP contribution in [0.25, 0.3) is 0 Å². The average molecular weight is 467 g/mol. The summed E-state index contributed by atoms with van der Waals surface area (Å²) in [5.41, 5.74) is 2.63. The zero-order valence-corrected chi connectivity index (χ0v) is 19.4. The largest absolute Gasteiger partial charge is 0.462 e. The van der Waals surface area contributed by atoms with E-state index in [-0.39, 0.29) is 16.6 Å². The van der Waals surface area contributed by atoms with Gasteiger partial charge >= 0.3 is 5.97 Å². The maximum atomic E-state index is 12.7. The lowest BCUT2D eigenvalue weighted by Gasteiger charge is -2.35. The predicted octanol–water partition coefficient (Wildman–Crippen LogP) is 2.03. The van der Waals surface area contributed by atoms with Crippen molar-refractivity contribution in [3.8, 4) is 0 Å². The van der Waals surface area contributed by atoms with E-state index >= 15 is 0 Å². The highest BCUT2D eigenvalue weighted by Gasteiger charge is 2.29. The van der Waals surface area contributed by atoms with Gasteiger partial charge in [0, 0.05) is 31.9 Å². The minimum absolute atomic E-state index is 0.171. The first-order chi connectivity index (χ1) is 14.7. The molecule has 3 rings (SSSR count). The Kier molecular flexibility index (Phi) is 7.29. The molecular weight excluding hydrogens is 440 g/mol. The summed E-state index contributed by atoms with van der Waals surface area (Å²) >= 11 is 0.964. The van der Waals surface area contributed by atoms with Crippen LogP contribution in [-0.4, -0.2) is 68.1 Å². The molecule has 0 saturated carbocycles. The molecule has 1 aliphatic heterocycles. The minimum Gasteiger partial charge on any atom is -0.462 e. The molecule has 1 amide bonds. The maximum absolute atomic E-state index is 12.7. The lowest BCUT2D eigenvalue weighted by molar-refractivity contribution is -0.113. The number of benzene rings is 1. The van der Waals surface area contributed by atoms with Crippen LogP contribution in [0.1, 0.15) is 27.9 Å². The van der Waals surface area contributed by atoms with Gasteiger partial charge in [-0.3, -0.25) is 4.79 Å². The first-order valence-corrected chi connectivity index (χ1v) is 12.4. The molecular formula is C20H26N4O5S2. The van der Waals surface area contributed by atoms with Crippen LogP contribution >= 0.6 is 11.3 Å². The Labute approximate surface area is 186 Å². The number of piperazine rings is 1. The fraction of sp³-hybridized carbons (Fsp3) is 0.450. The number of ether oxygens (including phenoxy) is 1. The van der Waals surface area contributed by atoms with E-state index in [2.05, 4.69) is 21.3 Å². The van der Waals surface area contributed by atoms with Crippen molar-refractivity contribution in [2.45, 2.75) is 20.8 Å². The molecule has 0 aliphatic carbocycles. The lowest BCUT2D eigenvalue weighted by Crippen LogP contribution is -2.50. The van der Waals surface area contributed by atoms with E-state index in [4.69, 9.17) is 4.74 Å². The fourth-order valence-electron chi connectivity index (χ4n) is 3.30. The number of carbonyl (C=O) groups is 2. The smallest absolute Gasteiger partial charge is 0.350 e. The summed E-state index contributed by atoms with van der Waals surface area (Å²) in [5.74, 6) is -1.88. The number of nitrogens with zero attached hydrogens (tertiary/aromatic N) is 3. The minimum atomic E-state index is -3.76. The van der Waals surface area contributed by atoms with Gasteiger partial charge in [-0.05, 0) is 38.5 Å². The van der Waals surface area contributed by atoms with Crippen LogP contribution in [0, 0.1) is 13.8 Å². The van der Waals surface area contributed by atoms with Gasteiger partial charge in [0.15, 0.2) is 5.13 Å². The number of carbonyl (C=O) groups excluding carboxylic acids is 2. The summed E-state index contributed by atoms with van der Waals surface area (Å²) < 4.78 is 31.7. The van der Waals surface area contributed by atoms with E-state index in [9.17, 15) is 18.0 Å². The van der Waals surface area contributed by atoms with Crippen LogP contribution in [-0.2, 0) is 19.6 Å². The van der Waals surface area contributed by atoms with Crippen molar-refractivity contribution >= 4 is 44.1 Å². The van der Waals surface area contributed by atoms with Gasteiger partial charge in [-0.25, -0.2) is 18.2 Å². The zero-order chi connectivity index (χ0) is 22.6. The first-order valence-electron chi connectivity index (χ1n) is 9.93. The van der Waals surface area contributed by atoms with Gasteiger partial charge in [0.1, 0.15) is 10.6 Å². The standard InChI is InChI=1S/C20H26N4O5S2/c1-4-29-19(26)18-15(3)21-20(30-18)22-17(25)13-31(27,28)24-10-8-23(9-11-24)16-7-5-6-14(2)12-16/h5-7,12H,4,8-11,13H2,1-3H3,(H,21,22,25). The quantitative estimate of drug-likeness (QED) is 0.622. The molecule has 2 aromatic rings. The number of anilines is 2. The summed E-state index contributed by atoms with van der Waals surface area (Å²) in [6, 6.07) is 8.07. The highest BCUT2D eigenvalue weighted by atomic mass is 32.2. The van der Waals surface area contributed by atoms with Crippen LogP contribution < -0.4 is 10.2 Å². The second-order valence-electron chi connectivity index (χ2n) is 7.18. The van der Waals surface area contributed by atoms with Crippen molar-refractivity contribution in [2.75, 3.05) is 48.8 Å². The maximum Gasteiger partial charge on any atom is 0.350 e. The molecule has 1 aromatic heterocycles. The van der Waals surface area contributed by atoms with Gasteiger partial charge in [-0.15, -0.1) is 0 Å². The Hall–Kier alpha value is -2.50. The second-order valence-corrected chi connectivity index (χ2v) is 10.2. The van der Waals surface area contributed by atoms with Crippen molar-refractivity contribution in [2.24, 2.45) is 0 Å². The SMILES string of the molecule is CCOC(=O)c1sc(NC(=O)CS(=O)(=O)N2CCN(c3cccc(C)c3)CC2)nc1C. The highest BCUT2D eigenvalue weighted by molar-refractivity contribution is 7.89. The van der Waals surface area contributed by atoms with E-state index in [1.165, 1.54) is 4.31 Å². The number of thiazole rings is 1. The van der Waals surface area contributed by atoms with Gasteiger partial charge in [0.2, 0.25) is 15.9 Å². The van der Waals surface area contributed by atoms with Crippen LogP contribution in [0.3, 0.4) is 0 Å². The normalized spacial score (nSPS) is 15.0. The number of rotatable bonds is 7. The molecule has 0 spiro atoms. The van der Waals surface area contributed by atoms with E-state index in [1.807, 2.05) is 25.1 Å². The van der Waals surface area contributed by atoms with E-state index in [1.54, 1.807) is 13.8 Å². The average Bonchev–Trinajstić information content (AvgIpc) is 3.07. The lowest BCUT2D eigenvalue weighted by atomic mass is 10.2. The van der Waals surface area contributed by atoms with Crippen LogP contribution in [0.15, 0.2) is 24.3 Å². The van der Waals surface area contributed by atoms with Crippen LogP contribution in [0.4, 0.5) is 10.8 Å². The second kappa shape index (κ2) is 9.75. The Morgan fingerprint density at radius 1 is 1.19 bits per heavy atom. The Balaban J connectivity index is 1.57. The third-order valence-corrected chi connectivity index (χ3v) is 7.65. The molecule has 168 valence electrons. The van der Waals surface area contributed by atoms with Gasteiger partial charge in [-0.2, -0.15) is 4.31 Å². The van der Waals surface area contributed by atoms with Crippen LogP contribution in [0.2, 0.25) is 0 Å².